The molecule has 0 aromatic heterocycles. The van der Waals surface area contributed by atoms with E-state index in [4.69, 9.17) is 14.6 Å². The maximum absolute atomic E-state index is 8.29. The summed E-state index contributed by atoms with van der Waals surface area (Å²) in [6.07, 6.45) is 4.00. The zero-order valence-corrected chi connectivity index (χ0v) is 16.8. The van der Waals surface area contributed by atoms with E-state index in [1.54, 1.807) is 10.8 Å². The summed E-state index contributed by atoms with van der Waals surface area (Å²) in [6.45, 7) is 9.82. The number of hydrogen-bond donors (Lipinski definition) is 2. The summed E-state index contributed by atoms with van der Waals surface area (Å²) in [7, 11) is 2.87. The highest BCUT2D eigenvalue weighted by Crippen LogP contribution is 2.14. The van der Waals surface area contributed by atoms with Crippen LogP contribution in [0.4, 0.5) is 0 Å². The van der Waals surface area contributed by atoms with Crippen molar-refractivity contribution in [1.82, 2.24) is 0 Å². The predicted molar refractivity (Wildman–Crippen MR) is 93.4 cm³/mol. The van der Waals surface area contributed by atoms with E-state index in [2.05, 4.69) is 32.4 Å². The molecule has 0 aliphatic carbocycles. The maximum atomic E-state index is 8.29. The minimum absolute atomic E-state index is 0.129. The molecule has 0 spiro atoms. The second kappa shape index (κ2) is 16.9. The summed E-state index contributed by atoms with van der Waals surface area (Å²) in [5, 5.41) is 8.29. The lowest BCUT2D eigenvalue weighted by atomic mass is 10.3. The number of rotatable bonds is 10. The van der Waals surface area contributed by atoms with Crippen molar-refractivity contribution in [3.63, 3.8) is 0 Å². The molecule has 3 nitrogen and oxygen atoms in total. The fraction of sp³-hybridized carbons (Fsp3) is 1.00. The molecule has 0 aliphatic rings. The number of ether oxygens (including phenoxy) is 2. The van der Waals surface area contributed by atoms with Crippen LogP contribution in [0.25, 0.3) is 0 Å². The highest BCUT2D eigenvalue weighted by molar-refractivity contribution is 8.69. The van der Waals surface area contributed by atoms with Gasteiger partial charge in [-0.15, -0.1) is 11.7 Å². The standard InChI is InChI=1S/C7H18OS2Si.C6H14O2/c1-3-6(2)8-5-4-7(11)10-9;1-3-6(2)8-5-4-7/h6-7,9H,3-5H2,1-2,11H3;6-7H,3-5H2,1-2H3. The second-order valence-corrected chi connectivity index (χ2v) is 8.49. The predicted octanol–water partition coefficient (Wildman–Crippen LogP) is 2.25. The van der Waals surface area contributed by atoms with Gasteiger partial charge in [0.15, 0.2) is 0 Å². The molecule has 0 aliphatic heterocycles. The van der Waals surface area contributed by atoms with Crippen LogP contribution in [-0.4, -0.2) is 52.3 Å². The fourth-order valence-corrected chi connectivity index (χ4v) is 1.73. The summed E-state index contributed by atoms with van der Waals surface area (Å²) in [5.41, 5.74) is 0. The molecule has 0 radical (unpaired) electrons. The first-order valence-electron chi connectivity index (χ1n) is 7.15. The Morgan fingerprint density at radius 2 is 1.58 bits per heavy atom. The van der Waals surface area contributed by atoms with Gasteiger partial charge in [-0.25, -0.2) is 0 Å². The van der Waals surface area contributed by atoms with Gasteiger partial charge in [-0.1, -0.05) is 24.6 Å². The van der Waals surface area contributed by atoms with E-state index in [9.17, 15) is 0 Å². The Kier molecular flexibility index (Phi) is 19.6. The molecule has 1 N–H and O–H groups in total. The zero-order valence-electron chi connectivity index (χ0n) is 13.1. The smallest absolute Gasteiger partial charge is 0.0701 e. The van der Waals surface area contributed by atoms with Gasteiger partial charge in [0.05, 0.1) is 25.4 Å². The third-order valence-electron chi connectivity index (χ3n) is 2.75. The maximum Gasteiger partial charge on any atom is 0.0701 e. The highest BCUT2D eigenvalue weighted by Gasteiger charge is 2.02. The molecule has 0 rings (SSSR count). The van der Waals surface area contributed by atoms with Gasteiger partial charge >= 0.3 is 0 Å². The quantitative estimate of drug-likeness (QED) is 0.366. The van der Waals surface area contributed by atoms with Gasteiger partial charge in [-0.05, 0) is 33.1 Å². The first kappa shape index (κ1) is 22.1. The van der Waals surface area contributed by atoms with Crippen LogP contribution in [0.2, 0.25) is 0 Å². The Labute approximate surface area is 131 Å². The van der Waals surface area contributed by atoms with Crippen molar-refractivity contribution in [2.24, 2.45) is 0 Å². The average Bonchev–Trinajstić information content (AvgIpc) is 2.44. The van der Waals surface area contributed by atoms with Gasteiger partial charge in [0.25, 0.3) is 0 Å². The van der Waals surface area contributed by atoms with E-state index in [0.717, 1.165) is 30.7 Å². The Morgan fingerprint density at radius 3 is 1.95 bits per heavy atom. The van der Waals surface area contributed by atoms with Crippen LogP contribution in [0.5, 0.6) is 0 Å². The molecule has 0 saturated carbocycles. The van der Waals surface area contributed by atoms with Crippen LogP contribution in [0.15, 0.2) is 0 Å². The summed E-state index contributed by atoms with van der Waals surface area (Å²) in [4.78, 5) is 0.738. The topological polar surface area (TPSA) is 38.7 Å². The molecule has 6 heteroatoms. The molecular weight excluding hydrogens is 296 g/mol. The van der Waals surface area contributed by atoms with Crippen LogP contribution < -0.4 is 0 Å². The van der Waals surface area contributed by atoms with Crippen molar-refractivity contribution in [3.05, 3.63) is 0 Å². The lowest BCUT2D eigenvalue weighted by Gasteiger charge is -2.12. The SMILES string of the molecule is CCC(C)OCCC([SiH3])SS.CCC(C)OCCO. The summed E-state index contributed by atoms with van der Waals surface area (Å²) in [6, 6.07) is 0. The normalized spacial score (nSPS) is 15.5. The molecule has 118 valence electrons. The molecule has 19 heavy (non-hydrogen) atoms. The molecular formula is C13H32O3S2Si. The monoisotopic (exact) mass is 328 g/mol. The van der Waals surface area contributed by atoms with Gasteiger partial charge in [-0.3, -0.25) is 0 Å². The second-order valence-electron chi connectivity index (χ2n) is 4.61. The summed E-state index contributed by atoms with van der Waals surface area (Å²) >= 11 is 4.16. The highest BCUT2D eigenvalue weighted by atomic mass is 33.1. The minimum Gasteiger partial charge on any atom is -0.394 e. The molecule has 0 heterocycles. The van der Waals surface area contributed by atoms with Crippen molar-refractivity contribution >= 4 is 32.7 Å². The number of thiol groups is 1. The summed E-state index contributed by atoms with van der Waals surface area (Å²) in [5.74, 6) is 0. The average molecular weight is 329 g/mol. The van der Waals surface area contributed by atoms with Gasteiger partial charge in [0, 0.05) is 21.7 Å². The van der Waals surface area contributed by atoms with Gasteiger partial charge < -0.3 is 14.6 Å². The molecule has 3 unspecified atom stereocenters. The van der Waals surface area contributed by atoms with E-state index in [0.29, 0.717) is 18.8 Å². The Bertz CT molecular complexity index is 166. The van der Waals surface area contributed by atoms with Crippen LogP contribution in [0, 0.1) is 0 Å². The molecule has 0 saturated heterocycles. The van der Waals surface area contributed by atoms with E-state index in [-0.39, 0.29) is 6.61 Å². The van der Waals surface area contributed by atoms with Crippen LogP contribution in [-0.2, 0) is 9.47 Å². The zero-order chi connectivity index (χ0) is 15.1. The lowest BCUT2D eigenvalue weighted by molar-refractivity contribution is 0.0374. The van der Waals surface area contributed by atoms with Crippen molar-refractivity contribution in [2.45, 2.75) is 64.0 Å². The van der Waals surface area contributed by atoms with Crippen molar-refractivity contribution in [2.75, 3.05) is 19.8 Å². The van der Waals surface area contributed by atoms with E-state index in [1.165, 1.54) is 10.2 Å². The van der Waals surface area contributed by atoms with Crippen molar-refractivity contribution in [1.29, 1.82) is 0 Å². The molecule has 0 amide bonds. The van der Waals surface area contributed by atoms with Crippen LogP contribution >= 0.6 is 22.5 Å². The van der Waals surface area contributed by atoms with E-state index in [1.807, 2.05) is 6.92 Å². The van der Waals surface area contributed by atoms with Gasteiger partial charge in [0.1, 0.15) is 0 Å². The molecule has 0 fully saturated rings. The number of aliphatic hydroxyl groups excluding tert-OH is 1. The number of aliphatic hydroxyl groups is 1. The number of hydrogen-bond acceptors (Lipinski definition) is 5. The first-order valence-corrected chi connectivity index (χ1v) is 10.2. The largest absolute Gasteiger partial charge is 0.394 e. The van der Waals surface area contributed by atoms with Gasteiger partial charge in [0.2, 0.25) is 0 Å². The Balaban J connectivity index is 0. The first-order chi connectivity index (χ1) is 9.01. The van der Waals surface area contributed by atoms with Crippen LogP contribution in [0.1, 0.15) is 47.0 Å². The fourth-order valence-electron chi connectivity index (χ4n) is 0.977. The molecule has 0 aromatic rings. The van der Waals surface area contributed by atoms with Crippen molar-refractivity contribution < 1.29 is 14.6 Å². The minimum atomic E-state index is 0.129. The van der Waals surface area contributed by atoms with Gasteiger partial charge in [-0.2, -0.15) is 0 Å². The Morgan fingerprint density at radius 1 is 1.11 bits per heavy atom. The summed E-state index contributed by atoms with van der Waals surface area (Å²) < 4.78 is 10.6. The van der Waals surface area contributed by atoms with Crippen molar-refractivity contribution in [3.8, 4) is 0 Å². The molecule has 0 bridgehead atoms. The van der Waals surface area contributed by atoms with E-state index < -0.39 is 0 Å². The van der Waals surface area contributed by atoms with E-state index >= 15 is 0 Å². The molecule has 0 aromatic carbocycles. The third-order valence-corrected chi connectivity index (χ3v) is 6.90. The molecule has 3 atom stereocenters. The third kappa shape index (κ3) is 18.8. The lowest BCUT2D eigenvalue weighted by Crippen LogP contribution is -2.11. The van der Waals surface area contributed by atoms with Crippen LogP contribution in [0.3, 0.4) is 0 Å². The Hall–Kier alpha value is 0.797.